The van der Waals surface area contributed by atoms with Crippen molar-refractivity contribution in [3.05, 3.63) is 64.4 Å². The van der Waals surface area contributed by atoms with Crippen LogP contribution in [0.2, 0.25) is 0 Å². The van der Waals surface area contributed by atoms with Crippen LogP contribution in [-0.4, -0.2) is 59.9 Å². The number of hydrogen-bond acceptors (Lipinski definition) is 6. The van der Waals surface area contributed by atoms with Crippen LogP contribution < -0.4 is 10.1 Å². The van der Waals surface area contributed by atoms with Gasteiger partial charge in [0.2, 0.25) is 11.8 Å². The van der Waals surface area contributed by atoms with E-state index in [-0.39, 0.29) is 47.1 Å². The van der Waals surface area contributed by atoms with Crippen LogP contribution in [0.4, 0.5) is 4.39 Å². The summed E-state index contributed by atoms with van der Waals surface area (Å²) in [6.45, 7) is 1.27. The van der Waals surface area contributed by atoms with Crippen molar-refractivity contribution in [2.45, 2.75) is 38.5 Å². The molecule has 1 atom stereocenters. The van der Waals surface area contributed by atoms with Crippen molar-refractivity contribution in [1.29, 1.82) is 0 Å². The average molecular weight is 475 g/mol. The molecular formula is C25H26FN3O5. The van der Waals surface area contributed by atoms with Gasteiger partial charge in [0, 0.05) is 48.2 Å². The Kier molecular flexibility index (Phi) is 4.36. The van der Waals surface area contributed by atoms with Crippen molar-refractivity contribution in [3.63, 3.8) is 0 Å². The molecule has 2 saturated heterocycles. The van der Waals surface area contributed by atoms with Crippen molar-refractivity contribution in [2.24, 2.45) is 0 Å². The summed E-state index contributed by atoms with van der Waals surface area (Å²) >= 11 is 0. The number of nitrogens with zero attached hydrogens (tertiary/aromatic N) is 2. The van der Waals surface area contributed by atoms with Gasteiger partial charge in [-0.05, 0) is 30.1 Å². The van der Waals surface area contributed by atoms with Gasteiger partial charge in [0.1, 0.15) is 24.2 Å². The van der Waals surface area contributed by atoms with Gasteiger partial charge in [0.05, 0.1) is 23.9 Å². The Balaban J connectivity index is 1.40. The Morgan fingerprint density at radius 3 is 2.88 bits per heavy atom. The number of nitrogens with one attached hydrogen (secondary N) is 1. The summed E-state index contributed by atoms with van der Waals surface area (Å²) in [6, 6.07) is 1.10. The molecule has 3 aliphatic rings. The standard InChI is InChI=1S/C25H26FN3O5/c26-20-12-16(13-28-8-10-33-11-9-28)4-5-17(20)15-34-22-3-1-2-18-19(22)14-29(25(18)32)21-6-7-23(30)27-24(21)31/h1-5,12,21H,6-11,13-15H2,(H,27,30,31)/t21-/m0/s1/i4D,5D,6D2,7D2,12D. The molecule has 178 valence electrons. The second-order valence-electron chi connectivity index (χ2n) is 8.03. The third-order valence-electron chi connectivity index (χ3n) is 5.82. The quantitative estimate of drug-likeness (QED) is 0.645. The first-order chi connectivity index (χ1) is 19.3. The van der Waals surface area contributed by atoms with Crippen LogP contribution >= 0.6 is 0 Å². The molecule has 8 nitrogen and oxygen atoms in total. The Morgan fingerprint density at radius 2 is 2.06 bits per heavy atom. The minimum Gasteiger partial charge on any atom is -0.488 e. The monoisotopic (exact) mass is 474 g/mol. The summed E-state index contributed by atoms with van der Waals surface area (Å²) in [6.07, 6.45) is -6.15. The van der Waals surface area contributed by atoms with Gasteiger partial charge in [-0.1, -0.05) is 18.2 Å². The van der Waals surface area contributed by atoms with E-state index in [4.69, 9.17) is 19.1 Å². The van der Waals surface area contributed by atoms with E-state index in [2.05, 4.69) is 0 Å². The number of fused-ring (bicyclic) bond motifs is 1. The fourth-order valence-corrected chi connectivity index (χ4v) is 4.06. The number of morpholine rings is 1. The van der Waals surface area contributed by atoms with Crippen molar-refractivity contribution >= 4 is 17.7 Å². The van der Waals surface area contributed by atoms with Crippen LogP contribution in [0.5, 0.6) is 5.75 Å². The smallest absolute Gasteiger partial charge is 0.255 e. The molecule has 5 rings (SSSR count). The minimum atomic E-state index is -3.10. The van der Waals surface area contributed by atoms with E-state index < -0.39 is 61.0 Å². The zero-order valence-corrected chi connectivity index (χ0v) is 18.1. The van der Waals surface area contributed by atoms with E-state index >= 15 is 4.39 Å². The van der Waals surface area contributed by atoms with Gasteiger partial charge in [-0.2, -0.15) is 0 Å². The van der Waals surface area contributed by atoms with Gasteiger partial charge >= 0.3 is 0 Å². The van der Waals surface area contributed by atoms with Crippen molar-refractivity contribution in [2.75, 3.05) is 26.3 Å². The SMILES string of the molecule is [2H]c1c([2H])c(COc2cccc3c2CN([C@@H]2C(=O)NC(=O)C([2H])([2H])C2([2H])[2H])C3=O)c(F)c([2H])c1CN1CCOCC1. The molecule has 3 aliphatic heterocycles. The lowest BCUT2D eigenvalue weighted by Gasteiger charge is -2.29. The number of ether oxygens (including phenoxy) is 2. The molecule has 9 heteroatoms. The van der Waals surface area contributed by atoms with Crippen LogP contribution in [0.3, 0.4) is 0 Å². The maximum absolute atomic E-state index is 15.3. The predicted molar refractivity (Wildman–Crippen MR) is 119 cm³/mol. The number of imide groups is 1. The minimum absolute atomic E-state index is 0.0401. The van der Waals surface area contributed by atoms with Gasteiger partial charge in [0.25, 0.3) is 5.91 Å². The van der Waals surface area contributed by atoms with Crippen LogP contribution in [0, 0.1) is 5.82 Å². The predicted octanol–water partition coefficient (Wildman–Crippen LogP) is 2.00. The number of halogens is 1. The fraction of sp³-hybridized carbons (Fsp3) is 0.400. The highest BCUT2D eigenvalue weighted by Gasteiger charge is 2.40. The highest BCUT2D eigenvalue weighted by atomic mass is 19.1. The summed E-state index contributed by atoms with van der Waals surface area (Å²) in [5.74, 6) is -4.34. The van der Waals surface area contributed by atoms with Gasteiger partial charge in [-0.15, -0.1) is 0 Å². The molecule has 1 N–H and O–H groups in total. The van der Waals surface area contributed by atoms with E-state index in [0.29, 0.717) is 26.3 Å². The Morgan fingerprint density at radius 1 is 1.24 bits per heavy atom. The first-order valence-electron chi connectivity index (χ1n) is 14.3. The highest BCUT2D eigenvalue weighted by Crippen LogP contribution is 2.34. The normalized spacial score (nSPS) is 26.9. The van der Waals surface area contributed by atoms with Crippen LogP contribution in [0.15, 0.2) is 36.3 Å². The second-order valence-corrected chi connectivity index (χ2v) is 8.03. The summed E-state index contributed by atoms with van der Waals surface area (Å²) in [5.41, 5.74) is 0.0163. The molecule has 2 aromatic rings. The van der Waals surface area contributed by atoms with Gasteiger partial charge in [-0.3, -0.25) is 24.6 Å². The first-order valence-corrected chi connectivity index (χ1v) is 10.8. The molecular weight excluding hydrogens is 441 g/mol. The van der Waals surface area contributed by atoms with Gasteiger partial charge in [0.15, 0.2) is 0 Å². The number of piperidine rings is 1. The molecule has 3 amide bonds. The third-order valence-corrected chi connectivity index (χ3v) is 5.82. The summed E-state index contributed by atoms with van der Waals surface area (Å²) < 4.78 is 83.6. The average Bonchev–Trinajstić information content (AvgIpc) is 3.26. The van der Waals surface area contributed by atoms with Crippen molar-refractivity contribution < 1.29 is 37.8 Å². The molecule has 0 unspecified atom stereocenters. The van der Waals surface area contributed by atoms with Crippen molar-refractivity contribution in [3.8, 4) is 5.75 Å². The maximum atomic E-state index is 15.3. The molecule has 0 saturated carbocycles. The molecule has 0 aliphatic carbocycles. The lowest BCUT2D eigenvalue weighted by atomic mass is 10.0. The number of amides is 3. The van der Waals surface area contributed by atoms with Gasteiger partial charge < -0.3 is 14.4 Å². The van der Waals surface area contributed by atoms with Gasteiger partial charge in [-0.25, -0.2) is 4.39 Å². The maximum Gasteiger partial charge on any atom is 0.255 e. The lowest BCUT2D eigenvalue weighted by molar-refractivity contribution is -0.136. The third kappa shape index (κ3) is 4.53. The van der Waals surface area contributed by atoms with Crippen LogP contribution in [-0.2, 0) is 34.0 Å². The Labute approximate surface area is 206 Å². The van der Waals surface area contributed by atoms with Crippen LogP contribution in [0.25, 0.3) is 0 Å². The number of benzene rings is 2. The van der Waals surface area contributed by atoms with E-state index in [1.807, 2.05) is 4.90 Å². The van der Waals surface area contributed by atoms with E-state index in [1.165, 1.54) is 18.2 Å². The zero-order valence-electron chi connectivity index (χ0n) is 25.1. The largest absolute Gasteiger partial charge is 0.488 e. The molecule has 2 aromatic carbocycles. The summed E-state index contributed by atoms with van der Waals surface area (Å²) in [7, 11) is 0. The van der Waals surface area contributed by atoms with E-state index in [9.17, 15) is 14.4 Å². The number of carbonyl (C=O) groups excluding carboxylic acids is 3. The molecule has 2 fully saturated rings. The summed E-state index contributed by atoms with van der Waals surface area (Å²) in [5, 5.41) is 1.79. The molecule has 0 spiro atoms. The lowest BCUT2D eigenvalue weighted by Crippen LogP contribution is -2.52. The molecule has 0 bridgehead atoms. The Bertz CT molecular complexity index is 1420. The highest BCUT2D eigenvalue weighted by molar-refractivity contribution is 6.05. The first kappa shape index (κ1) is 15.6. The van der Waals surface area contributed by atoms with E-state index in [1.54, 1.807) is 5.32 Å². The topological polar surface area (TPSA) is 88.2 Å². The van der Waals surface area contributed by atoms with Crippen molar-refractivity contribution in [1.82, 2.24) is 15.1 Å². The summed E-state index contributed by atoms with van der Waals surface area (Å²) in [4.78, 5) is 40.5. The molecule has 34 heavy (non-hydrogen) atoms. The number of rotatable bonds is 6. The Hall–Kier alpha value is -3.30. The number of hydrogen-bond donors (Lipinski definition) is 1. The molecule has 0 radical (unpaired) electrons. The fourth-order valence-electron chi connectivity index (χ4n) is 4.06. The number of carbonyl (C=O) groups is 3. The molecule has 0 aromatic heterocycles. The zero-order chi connectivity index (χ0) is 29.9. The molecule has 3 heterocycles. The second kappa shape index (κ2) is 9.52. The van der Waals surface area contributed by atoms with E-state index in [0.717, 1.165) is 4.90 Å². The van der Waals surface area contributed by atoms with Crippen LogP contribution in [0.1, 0.15) is 49.4 Å².